The van der Waals surface area contributed by atoms with E-state index in [9.17, 15) is 14.7 Å². The minimum absolute atomic E-state index is 0.185. The molecule has 0 spiro atoms. The highest BCUT2D eigenvalue weighted by Gasteiger charge is 2.63. The second-order valence-electron chi connectivity index (χ2n) is 7.18. The van der Waals surface area contributed by atoms with E-state index in [4.69, 9.17) is 9.47 Å². The molecule has 2 atom stereocenters. The van der Waals surface area contributed by atoms with Gasteiger partial charge in [-0.3, -0.25) is 0 Å². The monoisotopic (exact) mass is 287 g/mol. The minimum Gasteiger partial charge on any atom is -0.458 e. The molecular weight excluding hydrogens is 262 g/mol. The molecule has 1 amide bonds. The van der Waals surface area contributed by atoms with E-state index < -0.39 is 28.8 Å². The molecule has 2 N–H and O–H groups in total. The number of esters is 1. The first-order valence-electron chi connectivity index (χ1n) is 6.75. The fourth-order valence-electron chi connectivity index (χ4n) is 1.86. The Morgan fingerprint density at radius 1 is 1.15 bits per heavy atom. The Bertz CT molecular complexity index is 393. The van der Waals surface area contributed by atoms with Crippen molar-refractivity contribution in [1.82, 2.24) is 5.32 Å². The lowest BCUT2D eigenvalue weighted by molar-refractivity contribution is -0.159. The first-order chi connectivity index (χ1) is 8.89. The van der Waals surface area contributed by atoms with E-state index in [-0.39, 0.29) is 12.5 Å². The topological polar surface area (TPSA) is 84.9 Å². The van der Waals surface area contributed by atoms with Crippen molar-refractivity contribution in [2.45, 2.75) is 64.7 Å². The number of nitrogens with one attached hydrogen (secondary N) is 1. The summed E-state index contributed by atoms with van der Waals surface area (Å²) in [7, 11) is 0. The molecule has 0 aliphatic heterocycles. The number of amides is 1. The van der Waals surface area contributed by atoms with Gasteiger partial charge < -0.3 is 19.9 Å². The van der Waals surface area contributed by atoms with Crippen LogP contribution in [0.2, 0.25) is 0 Å². The average molecular weight is 287 g/mol. The second kappa shape index (κ2) is 5.24. The van der Waals surface area contributed by atoms with Crippen LogP contribution in [0.1, 0.15) is 48.0 Å². The standard InChI is InChI=1S/C14H25NO5/c1-12(2,3)19-10(17)14(7-9(14)8-16)15-11(18)20-13(4,5)6/h9,16H,7-8H2,1-6H3,(H,15,18)/t9-,14-/m0/s1. The van der Waals surface area contributed by atoms with Gasteiger partial charge in [0, 0.05) is 12.5 Å². The third-order valence-electron chi connectivity index (χ3n) is 2.81. The quantitative estimate of drug-likeness (QED) is 0.770. The van der Waals surface area contributed by atoms with Crippen molar-refractivity contribution in [1.29, 1.82) is 0 Å². The van der Waals surface area contributed by atoms with Crippen LogP contribution in [0.4, 0.5) is 4.79 Å². The van der Waals surface area contributed by atoms with E-state index in [1.165, 1.54) is 0 Å². The third-order valence-corrected chi connectivity index (χ3v) is 2.81. The van der Waals surface area contributed by atoms with Crippen molar-refractivity contribution >= 4 is 12.1 Å². The van der Waals surface area contributed by atoms with Gasteiger partial charge in [0.25, 0.3) is 0 Å². The summed E-state index contributed by atoms with van der Waals surface area (Å²) in [6, 6.07) is 0. The SMILES string of the molecule is CC(C)(C)OC(=O)N[C@@]1(C(=O)OC(C)(C)C)C[C@H]1CO. The molecule has 20 heavy (non-hydrogen) atoms. The van der Waals surface area contributed by atoms with Gasteiger partial charge in [0.05, 0.1) is 0 Å². The van der Waals surface area contributed by atoms with Gasteiger partial charge in [-0.1, -0.05) is 0 Å². The van der Waals surface area contributed by atoms with Gasteiger partial charge in [-0.2, -0.15) is 0 Å². The number of carbonyl (C=O) groups is 2. The molecule has 0 radical (unpaired) electrons. The second-order valence-corrected chi connectivity index (χ2v) is 7.18. The molecule has 0 aromatic carbocycles. The Hall–Kier alpha value is -1.30. The summed E-state index contributed by atoms with van der Waals surface area (Å²) in [4.78, 5) is 24.0. The Kier molecular flexibility index (Phi) is 4.39. The van der Waals surface area contributed by atoms with Gasteiger partial charge in [-0.05, 0) is 48.0 Å². The van der Waals surface area contributed by atoms with Crippen LogP contribution < -0.4 is 5.32 Å². The molecule has 1 aliphatic rings. The van der Waals surface area contributed by atoms with Crippen LogP contribution in [-0.4, -0.2) is 40.5 Å². The highest BCUT2D eigenvalue weighted by atomic mass is 16.6. The highest BCUT2D eigenvalue weighted by Crippen LogP contribution is 2.45. The molecule has 0 saturated heterocycles. The lowest BCUT2D eigenvalue weighted by Gasteiger charge is -2.26. The predicted octanol–water partition coefficient (Wildman–Crippen LogP) is 1.60. The average Bonchev–Trinajstić information content (AvgIpc) is 2.86. The van der Waals surface area contributed by atoms with Gasteiger partial charge in [-0.15, -0.1) is 0 Å². The third kappa shape index (κ3) is 4.37. The van der Waals surface area contributed by atoms with E-state index in [0.29, 0.717) is 6.42 Å². The van der Waals surface area contributed by atoms with Crippen molar-refractivity contribution in [3.05, 3.63) is 0 Å². The zero-order valence-corrected chi connectivity index (χ0v) is 13.1. The Morgan fingerprint density at radius 3 is 2.00 bits per heavy atom. The van der Waals surface area contributed by atoms with Crippen LogP contribution in [-0.2, 0) is 14.3 Å². The van der Waals surface area contributed by atoms with E-state index in [2.05, 4.69) is 5.32 Å². The molecule has 0 bridgehead atoms. The van der Waals surface area contributed by atoms with Crippen molar-refractivity contribution in [3.63, 3.8) is 0 Å². The molecule has 6 heteroatoms. The molecule has 0 unspecified atom stereocenters. The molecular formula is C14H25NO5. The maximum atomic E-state index is 12.2. The number of aliphatic hydroxyl groups is 1. The van der Waals surface area contributed by atoms with Crippen molar-refractivity contribution in [3.8, 4) is 0 Å². The zero-order chi connectivity index (χ0) is 15.8. The molecule has 0 heterocycles. The summed E-state index contributed by atoms with van der Waals surface area (Å²) in [6.07, 6.45) is -0.322. The van der Waals surface area contributed by atoms with Gasteiger partial charge in [0.1, 0.15) is 16.7 Å². The number of alkyl carbamates (subject to hydrolysis) is 1. The van der Waals surface area contributed by atoms with Gasteiger partial charge in [-0.25, -0.2) is 9.59 Å². The lowest BCUT2D eigenvalue weighted by atomic mass is 10.1. The summed E-state index contributed by atoms with van der Waals surface area (Å²) in [5.74, 6) is -0.861. The summed E-state index contributed by atoms with van der Waals surface area (Å²) < 4.78 is 10.5. The maximum absolute atomic E-state index is 12.2. The number of rotatable bonds is 3. The number of hydrogen-bond donors (Lipinski definition) is 2. The molecule has 0 aromatic heterocycles. The van der Waals surface area contributed by atoms with E-state index in [1.807, 2.05) is 0 Å². The largest absolute Gasteiger partial charge is 0.458 e. The normalized spacial score (nSPS) is 25.9. The fourth-order valence-corrected chi connectivity index (χ4v) is 1.86. The van der Waals surface area contributed by atoms with Crippen LogP contribution in [0.25, 0.3) is 0 Å². The molecule has 1 saturated carbocycles. The smallest absolute Gasteiger partial charge is 0.408 e. The van der Waals surface area contributed by atoms with E-state index in [0.717, 1.165) is 0 Å². The molecule has 1 fully saturated rings. The minimum atomic E-state index is -1.16. The Labute approximate surface area is 119 Å². The van der Waals surface area contributed by atoms with Gasteiger partial charge in [0.2, 0.25) is 0 Å². The maximum Gasteiger partial charge on any atom is 0.408 e. The van der Waals surface area contributed by atoms with Crippen LogP contribution >= 0.6 is 0 Å². The van der Waals surface area contributed by atoms with Crippen LogP contribution in [0.15, 0.2) is 0 Å². The number of carbonyl (C=O) groups excluding carboxylic acids is 2. The summed E-state index contributed by atoms with van der Waals surface area (Å²) in [5, 5.41) is 11.8. The number of ether oxygens (including phenoxy) is 2. The van der Waals surface area contributed by atoms with E-state index in [1.54, 1.807) is 41.5 Å². The molecule has 6 nitrogen and oxygen atoms in total. The number of hydrogen-bond acceptors (Lipinski definition) is 5. The van der Waals surface area contributed by atoms with Gasteiger partial charge >= 0.3 is 12.1 Å². The van der Waals surface area contributed by atoms with Crippen LogP contribution in [0.3, 0.4) is 0 Å². The van der Waals surface area contributed by atoms with Crippen molar-refractivity contribution < 1.29 is 24.2 Å². The molecule has 1 rings (SSSR count). The Morgan fingerprint density at radius 2 is 1.65 bits per heavy atom. The van der Waals surface area contributed by atoms with Crippen molar-refractivity contribution in [2.24, 2.45) is 5.92 Å². The lowest BCUT2D eigenvalue weighted by Crippen LogP contribution is -2.49. The predicted molar refractivity (Wildman–Crippen MR) is 73.1 cm³/mol. The fraction of sp³-hybridized carbons (Fsp3) is 0.857. The number of aliphatic hydroxyl groups excluding tert-OH is 1. The van der Waals surface area contributed by atoms with Gasteiger partial charge in [0.15, 0.2) is 0 Å². The summed E-state index contributed by atoms with van der Waals surface area (Å²) in [6.45, 7) is 10.3. The first kappa shape index (κ1) is 16.8. The summed E-state index contributed by atoms with van der Waals surface area (Å²) in [5.41, 5.74) is -2.46. The van der Waals surface area contributed by atoms with E-state index >= 15 is 0 Å². The zero-order valence-electron chi connectivity index (χ0n) is 13.1. The summed E-state index contributed by atoms with van der Waals surface area (Å²) >= 11 is 0. The van der Waals surface area contributed by atoms with Crippen molar-refractivity contribution in [2.75, 3.05) is 6.61 Å². The molecule has 1 aliphatic carbocycles. The van der Waals surface area contributed by atoms with Crippen LogP contribution in [0, 0.1) is 5.92 Å². The Balaban J connectivity index is 2.75. The van der Waals surface area contributed by atoms with Crippen LogP contribution in [0.5, 0.6) is 0 Å². The molecule has 116 valence electrons. The first-order valence-corrected chi connectivity index (χ1v) is 6.75. The highest BCUT2D eigenvalue weighted by molar-refractivity contribution is 5.90. The molecule has 0 aromatic rings.